The van der Waals surface area contributed by atoms with E-state index >= 15 is 0 Å². The number of anilines is 1. The minimum absolute atomic E-state index is 0.0508. The lowest BCUT2D eigenvalue weighted by atomic mass is 10.2. The predicted octanol–water partition coefficient (Wildman–Crippen LogP) is 0.656. The van der Waals surface area contributed by atoms with Crippen molar-refractivity contribution in [3.63, 3.8) is 0 Å². The van der Waals surface area contributed by atoms with Crippen LogP contribution in [0.5, 0.6) is 0 Å². The van der Waals surface area contributed by atoms with Gasteiger partial charge in [-0.25, -0.2) is 8.42 Å². The molecule has 1 aromatic rings. The third-order valence-corrected chi connectivity index (χ3v) is 3.75. The molecule has 6 nitrogen and oxygen atoms in total. The monoisotopic (exact) mass is 306 g/mol. The summed E-state index contributed by atoms with van der Waals surface area (Å²) in [7, 11) is -1.95. The van der Waals surface area contributed by atoms with E-state index in [9.17, 15) is 13.2 Å². The Morgan fingerprint density at radius 3 is 2.68 bits per heavy atom. The average Bonchev–Trinajstić information content (AvgIpc) is 2.30. The Morgan fingerprint density at radius 1 is 1.53 bits per heavy atom. The molecule has 1 atom stereocenters. The van der Waals surface area contributed by atoms with Gasteiger partial charge < -0.3 is 15.8 Å². The van der Waals surface area contributed by atoms with Crippen molar-refractivity contribution in [2.24, 2.45) is 5.73 Å². The first-order valence-corrected chi connectivity index (χ1v) is 7.57. The van der Waals surface area contributed by atoms with Crippen molar-refractivity contribution in [1.29, 1.82) is 0 Å². The number of rotatable bonds is 5. The van der Waals surface area contributed by atoms with E-state index in [0.29, 0.717) is 0 Å². The van der Waals surface area contributed by atoms with E-state index in [1.54, 1.807) is 0 Å². The number of benzene rings is 1. The molecule has 1 unspecified atom stereocenters. The van der Waals surface area contributed by atoms with Gasteiger partial charge in [0.05, 0.1) is 22.2 Å². The van der Waals surface area contributed by atoms with Gasteiger partial charge >= 0.3 is 0 Å². The SMILES string of the molecule is COCC(N)C(=O)Nc1cc(S(C)(=O)=O)ccc1Cl. The second-order valence-electron chi connectivity index (χ2n) is 3.96. The Balaban J connectivity index is 2.98. The van der Waals surface area contributed by atoms with E-state index < -0.39 is 21.8 Å². The largest absolute Gasteiger partial charge is 0.383 e. The maximum Gasteiger partial charge on any atom is 0.243 e. The van der Waals surface area contributed by atoms with Gasteiger partial charge in [-0.05, 0) is 18.2 Å². The third kappa shape index (κ3) is 4.46. The summed E-state index contributed by atoms with van der Waals surface area (Å²) in [6, 6.07) is 3.19. The number of halogens is 1. The molecule has 0 radical (unpaired) electrons. The lowest BCUT2D eigenvalue weighted by Gasteiger charge is -2.13. The van der Waals surface area contributed by atoms with Gasteiger partial charge in [-0.2, -0.15) is 0 Å². The summed E-state index contributed by atoms with van der Waals surface area (Å²) >= 11 is 5.89. The fraction of sp³-hybridized carbons (Fsp3) is 0.364. The highest BCUT2D eigenvalue weighted by molar-refractivity contribution is 7.90. The molecule has 1 aromatic carbocycles. The molecule has 19 heavy (non-hydrogen) atoms. The zero-order valence-corrected chi connectivity index (χ0v) is 12.1. The van der Waals surface area contributed by atoms with Crippen LogP contribution in [0.2, 0.25) is 5.02 Å². The lowest BCUT2D eigenvalue weighted by Crippen LogP contribution is -2.39. The van der Waals surface area contributed by atoms with Crippen LogP contribution in [-0.2, 0) is 19.4 Å². The van der Waals surface area contributed by atoms with Crippen LogP contribution >= 0.6 is 11.6 Å². The summed E-state index contributed by atoms with van der Waals surface area (Å²) in [6.07, 6.45) is 1.07. The van der Waals surface area contributed by atoms with Crippen LogP contribution in [0.3, 0.4) is 0 Å². The maximum atomic E-state index is 11.7. The molecule has 106 valence electrons. The van der Waals surface area contributed by atoms with Gasteiger partial charge in [0.15, 0.2) is 9.84 Å². The molecule has 0 fully saturated rings. The van der Waals surface area contributed by atoms with E-state index in [4.69, 9.17) is 22.1 Å². The third-order valence-electron chi connectivity index (χ3n) is 2.31. The molecule has 8 heteroatoms. The normalized spacial score (nSPS) is 13.1. The highest BCUT2D eigenvalue weighted by Gasteiger charge is 2.16. The van der Waals surface area contributed by atoms with Gasteiger partial charge in [-0.15, -0.1) is 0 Å². The summed E-state index contributed by atoms with van der Waals surface area (Å²) in [5.41, 5.74) is 5.75. The van der Waals surface area contributed by atoms with E-state index in [1.807, 2.05) is 0 Å². The maximum absolute atomic E-state index is 11.7. The van der Waals surface area contributed by atoms with E-state index in [1.165, 1.54) is 25.3 Å². The van der Waals surface area contributed by atoms with Gasteiger partial charge in [0.1, 0.15) is 6.04 Å². The molecule has 3 N–H and O–H groups in total. The number of nitrogens with two attached hydrogens (primary N) is 1. The number of carbonyl (C=O) groups is 1. The molecule has 0 spiro atoms. The minimum atomic E-state index is -3.37. The van der Waals surface area contributed by atoms with Gasteiger partial charge in [0, 0.05) is 13.4 Å². The number of hydrogen-bond acceptors (Lipinski definition) is 5. The van der Waals surface area contributed by atoms with Crippen LogP contribution < -0.4 is 11.1 Å². The molecule has 0 saturated carbocycles. The van der Waals surface area contributed by atoms with E-state index in [2.05, 4.69) is 5.32 Å². The van der Waals surface area contributed by atoms with Crippen molar-refractivity contribution < 1.29 is 17.9 Å². The second kappa shape index (κ2) is 6.33. The number of amides is 1. The molecule has 0 aliphatic rings. The Kier molecular flexibility index (Phi) is 5.30. The van der Waals surface area contributed by atoms with Gasteiger partial charge in [0.2, 0.25) is 5.91 Å². The molecule has 0 aliphatic heterocycles. The molecule has 0 bridgehead atoms. The molecule has 1 rings (SSSR count). The number of hydrogen-bond donors (Lipinski definition) is 2. The Morgan fingerprint density at radius 2 is 2.16 bits per heavy atom. The number of sulfone groups is 1. The fourth-order valence-electron chi connectivity index (χ4n) is 1.31. The van der Waals surface area contributed by atoms with Crippen molar-refractivity contribution in [3.05, 3.63) is 23.2 Å². The van der Waals surface area contributed by atoms with Crippen molar-refractivity contribution in [2.45, 2.75) is 10.9 Å². The topological polar surface area (TPSA) is 98.5 Å². The summed E-state index contributed by atoms with van der Waals surface area (Å²) in [5, 5.41) is 2.69. The van der Waals surface area contributed by atoms with Crippen molar-refractivity contribution in [3.8, 4) is 0 Å². The number of nitrogens with one attached hydrogen (secondary N) is 1. The lowest BCUT2D eigenvalue weighted by molar-refractivity contribution is -0.118. The molecule has 0 aliphatic carbocycles. The van der Waals surface area contributed by atoms with Crippen LogP contribution in [0.25, 0.3) is 0 Å². The van der Waals surface area contributed by atoms with Crippen LogP contribution in [0.4, 0.5) is 5.69 Å². The molecular formula is C11H15ClN2O4S. The predicted molar refractivity (Wildman–Crippen MR) is 73.0 cm³/mol. The summed E-state index contributed by atoms with van der Waals surface area (Å²) in [6.45, 7) is 0.0508. The highest BCUT2D eigenvalue weighted by Crippen LogP contribution is 2.25. The van der Waals surface area contributed by atoms with Crippen LogP contribution in [0, 0.1) is 0 Å². The molecule has 0 heterocycles. The molecule has 0 saturated heterocycles. The summed E-state index contributed by atoms with van der Waals surface area (Å²) < 4.78 is 27.6. The van der Waals surface area contributed by atoms with E-state index in [0.717, 1.165) is 6.26 Å². The zero-order chi connectivity index (χ0) is 14.6. The van der Waals surface area contributed by atoms with Gasteiger partial charge in [-0.1, -0.05) is 11.6 Å². The quantitative estimate of drug-likeness (QED) is 0.832. The number of methoxy groups -OCH3 is 1. The first kappa shape index (κ1) is 15.9. The Labute approximate surface area is 116 Å². The highest BCUT2D eigenvalue weighted by atomic mass is 35.5. The number of ether oxygens (including phenoxy) is 1. The van der Waals surface area contributed by atoms with Gasteiger partial charge in [-0.3, -0.25) is 4.79 Å². The fourth-order valence-corrected chi connectivity index (χ4v) is 2.12. The van der Waals surface area contributed by atoms with Crippen molar-refractivity contribution in [2.75, 3.05) is 25.3 Å². The zero-order valence-electron chi connectivity index (χ0n) is 10.5. The van der Waals surface area contributed by atoms with Crippen molar-refractivity contribution >= 4 is 33.0 Å². The summed E-state index contributed by atoms with van der Waals surface area (Å²) in [5.74, 6) is -0.505. The summed E-state index contributed by atoms with van der Waals surface area (Å²) in [4.78, 5) is 11.8. The van der Waals surface area contributed by atoms with Crippen LogP contribution in [0.1, 0.15) is 0 Å². The molecule has 1 amide bonds. The van der Waals surface area contributed by atoms with Gasteiger partial charge in [0.25, 0.3) is 0 Å². The average molecular weight is 307 g/mol. The standard InChI is InChI=1S/C11H15ClN2O4S/c1-18-6-9(13)11(15)14-10-5-7(19(2,16)17)3-4-8(10)12/h3-5,9H,6,13H2,1-2H3,(H,14,15). The Bertz CT molecular complexity index is 574. The molecular weight excluding hydrogens is 292 g/mol. The minimum Gasteiger partial charge on any atom is -0.383 e. The van der Waals surface area contributed by atoms with Crippen molar-refractivity contribution in [1.82, 2.24) is 0 Å². The second-order valence-corrected chi connectivity index (χ2v) is 6.39. The first-order chi connectivity index (χ1) is 8.75. The van der Waals surface area contributed by atoms with E-state index in [-0.39, 0.29) is 22.2 Å². The number of carbonyl (C=O) groups excluding carboxylic acids is 1. The Hall–Kier alpha value is -1.15. The van der Waals surface area contributed by atoms with Crippen LogP contribution in [-0.4, -0.2) is 40.3 Å². The molecule has 0 aromatic heterocycles. The first-order valence-electron chi connectivity index (χ1n) is 5.30. The smallest absolute Gasteiger partial charge is 0.243 e. The van der Waals surface area contributed by atoms with Crippen LogP contribution in [0.15, 0.2) is 23.1 Å².